The third kappa shape index (κ3) is 0.711. The highest BCUT2D eigenvalue weighted by Crippen LogP contribution is 2.37. The van der Waals surface area contributed by atoms with E-state index in [2.05, 4.69) is 26.2 Å². The van der Waals surface area contributed by atoms with E-state index in [0.717, 1.165) is 0 Å². The molecule has 3 atom stereocenters. The van der Waals surface area contributed by atoms with E-state index in [1.165, 1.54) is 0 Å². The van der Waals surface area contributed by atoms with Gasteiger partial charge in [-0.2, -0.15) is 10.2 Å². The van der Waals surface area contributed by atoms with Gasteiger partial charge in [-0.1, -0.05) is 0 Å². The Morgan fingerprint density at radius 2 is 2.29 bits per heavy atom. The number of urea groups is 1. The maximum Gasteiger partial charge on any atom is 0.322 e. The molecule has 0 aliphatic carbocycles. The molecule has 3 amide bonds. The standard InChI is InChI=1S/C7H9N5O2/c13-5-7-3(2-9-12-7)1-8-4(7)10-6(14)11-5/h3-4,8H,1-2H2,(H2,10,11,13,14). The first-order chi connectivity index (χ1) is 6.73. The van der Waals surface area contributed by atoms with Gasteiger partial charge in [-0.3, -0.25) is 15.4 Å². The minimum atomic E-state index is -0.895. The number of amides is 3. The summed E-state index contributed by atoms with van der Waals surface area (Å²) in [7, 11) is 0. The Balaban J connectivity index is 2.06. The van der Waals surface area contributed by atoms with E-state index >= 15 is 0 Å². The fourth-order valence-corrected chi connectivity index (χ4v) is 2.30. The van der Waals surface area contributed by atoms with Gasteiger partial charge in [0.2, 0.25) is 0 Å². The summed E-state index contributed by atoms with van der Waals surface area (Å²) in [6.45, 7) is 1.21. The number of imide groups is 1. The van der Waals surface area contributed by atoms with Crippen LogP contribution < -0.4 is 16.0 Å². The van der Waals surface area contributed by atoms with Crippen molar-refractivity contribution >= 4 is 11.9 Å². The van der Waals surface area contributed by atoms with Crippen LogP contribution >= 0.6 is 0 Å². The van der Waals surface area contributed by atoms with E-state index in [-0.39, 0.29) is 11.8 Å². The van der Waals surface area contributed by atoms with Crippen LogP contribution in [0.2, 0.25) is 0 Å². The molecule has 74 valence electrons. The lowest BCUT2D eigenvalue weighted by Gasteiger charge is -2.33. The van der Waals surface area contributed by atoms with E-state index in [9.17, 15) is 9.59 Å². The zero-order chi connectivity index (χ0) is 9.76. The predicted octanol–water partition coefficient (Wildman–Crippen LogP) is -1.42. The summed E-state index contributed by atoms with van der Waals surface area (Å²) in [5.41, 5.74) is -0.895. The summed E-state index contributed by atoms with van der Waals surface area (Å²) >= 11 is 0. The van der Waals surface area contributed by atoms with Gasteiger partial charge in [0.25, 0.3) is 5.91 Å². The smallest absolute Gasteiger partial charge is 0.319 e. The van der Waals surface area contributed by atoms with Gasteiger partial charge < -0.3 is 5.32 Å². The van der Waals surface area contributed by atoms with Crippen LogP contribution in [-0.4, -0.2) is 36.7 Å². The Morgan fingerprint density at radius 3 is 3.14 bits per heavy atom. The molecule has 0 aromatic heterocycles. The van der Waals surface area contributed by atoms with Crippen molar-refractivity contribution in [2.24, 2.45) is 16.1 Å². The first-order valence-electron chi connectivity index (χ1n) is 4.47. The van der Waals surface area contributed by atoms with Crippen molar-refractivity contribution in [2.45, 2.75) is 11.7 Å². The summed E-state index contributed by atoms with van der Waals surface area (Å²) in [6, 6.07) is -0.471. The molecule has 3 unspecified atom stereocenters. The molecule has 2 saturated heterocycles. The van der Waals surface area contributed by atoms with Crippen LogP contribution in [0.5, 0.6) is 0 Å². The highest BCUT2D eigenvalue weighted by atomic mass is 16.2. The molecule has 0 saturated carbocycles. The lowest BCUT2D eigenvalue weighted by Crippen LogP contribution is -2.69. The summed E-state index contributed by atoms with van der Waals surface area (Å²) in [5, 5.41) is 15.8. The topological polar surface area (TPSA) is 95.0 Å². The van der Waals surface area contributed by atoms with Crippen LogP contribution in [0.4, 0.5) is 4.79 Å². The molecule has 3 aliphatic heterocycles. The van der Waals surface area contributed by atoms with Crippen LogP contribution in [0.15, 0.2) is 10.2 Å². The number of nitrogens with zero attached hydrogens (tertiary/aromatic N) is 2. The molecule has 0 bridgehead atoms. The Bertz CT molecular complexity index is 354. The molecular formula is C7H9N5O2. The van der Waals surface area contributed by atoms with Crippen LogP contribution in [0.1, 0.15) is 0 Å². The number of nitrogens with one attached hydrogen (secondary N) is 3. The number of carbonyl (C=O) groups is 2. The quantitative estimate of drug-likeness (QED) is 0.442. The number of rotatable bonds is 0. The molecule has 3 N–H and O–H groups in total. The minimum Gasteiger partial charge on any atom is -0.319 e. The molecule has 3 rings (SSSR count). The second-order valence-electron chi connectivity index (χ2n) is 3.72. The SMILES string of the molecule is O=C1NC(=O)C23N=NCC2CNC3N1. The zero-order valence-electron chi connectivity index (χ0n) is 7.28. The first-order valence-corrected chi connectivity index (χ1v) is 4.47. The van der Waals surface area contributed by atoms with Crippen molar-refractivity contribution in [3.63, 3.8) is 0 Å². The van der Waals surface area contributed by atoms with Crippen molar-refractivity contribution in [2.75, 3.05) is 13.1 Å². The largest absolute Gasteiger partial charge is 0.322 e. The number of azo groups is 1. The highest BCUT2D eigenvalue weighted by Gasteiger charge is 2.61. The Kier molecular flexibility index (Phi) is 1.29. The van der Waals surface area contributed by atoms with E-state index < -0.39 is 17.7 Å². The molecule has 0 radical (unpaired) electrons. The summed E-state index contributed by atoms with van der Waals surface area (Å²) < 4.78 is 0. The Morgan fingerprint density at radius 1 is 1.43 bits per heavy atom. The van der Waals surface area contributed by atoms with Gasteiger partial charge in [0, 0.05) is 12.5 Å². The van der Waals surface area contributed by atoms with Gasteiger partial charge in [0.1, 0.15) is 6.17 Å². The van der Waals surface area contributed by atoms with Crippen LogP contribution in [-0.2, 0) is 4.79 Å². The average Bonchev–Trinajstić information content (AvgIpc) is 2.64. The second-order valence-corrected chi connectivity index (χ2v) is 3.72. The predicted molar refractivity (Wildman–Crippen MR) is 44.4 cm³/mol. The maximum absolute atomic E-state index is 11.7. The van der Waals surface area contributed by atoms with Crippen molar-refractivity contribution < 1.29 is 9.59 Å². The van der Waals surface area contributed by atoms with Crippen molar-refractivity contribution in [1.82, 2.24) is 16.0 Å². The fourth-order valence-electron chi connectivity index (χ4n) is 2.30. The molecule has 0 aromatic rings. The van der Waals surface area contributed by atoms with E-state index in [1.54, 1.807) is 0 Å². The molecular weight excluding hydrogens is 186 g/mol. The third-order valence-electron chi connectivity index (χ3n) is 3.04. The molecule has 3 heterocycles. The maximum atomic E-state index is 11.7. The molecule has 0 aromatic carbocycles. The third-order valence-corrected chi connectivity index (χ3v) is 3.04. The summed E-state index contributed by atoms with van der Waals surface area (Å²) in [4.78, 5) is 22.8. The van der Waals surface area contributed by atoms with E-state index in [1.807, 2.05) is 0 Å². The van der Waals surface area contributed by atoms with Gasteiger partial charge in [0.05, 0.1) is 6.54 Å². The van der Waals surface area contributed by atoms with Crippen molar-refractivity contribution in [3.8, 4) is 0 Å². The first kappa shape index (κ1) is 7.86. The van der Waals surface area contributed by atoms with Crippen LogP contribution in [0.25, 0.3) is 0 Å². The molecule has 1 spiro atoms. The molecule has 7 heteroatoms. The molecule has 7 nitrogen and oxygen atoms in total. The second kappa shape index (κ2) is 2.30. The van der Waals surface area contributed by atoms with E-state index in [0.29, 0.717) is 13.1 Å². The fraction of sp³-hybridized carbons (Fsp3) is 0.714. The van der Waals surface area contributed by atoms with Gasteiger partial charge in [-0.15, -0.1) is 0 Å². The molecule has 2 fully saturated rings. The van der Waals surface area contributed by atoms with Gasteiger partial charge in [0.15, 0.2) is 5.54 Å². The number of hydrogen-bond acceptors (Lipinski definition) is 5. The number of carbonyl (C=O) groups excluding carboxylic acids is 2. The Labute approximate surface area is 79.3 Å². The Hall–Kier alpha value is -1.50. The van der Waals surface area contributed by atoms with Crippen LogP contribution in [0.3, 0.4) is 0 Å². The minimum absolute atomic E-state index is 0.0631. The van der Waals surface area contributed by atoms with Gasteiger partial charge in [-0.25, -0.2) is 4.79 Å². The zero-order valence-corrected chi connectivity index (χ0v) is 7.28. The van der Waals surface area contributed by atoms with Crippen molar-refractivity contribution in [3.05, 3.63) is 0 Å². The molecule has 14 heavy (non-hydrogen) atoms. The van der Waals surface area contributed by atoms with Gasteiger partial charge in [-0.05, 0) is 0 Å². The number of hydrogen-bond donors (Lipinski definition) is 3. The normalized spacial score (nSPS) is 44.3. The van der Waals surface area contributed by atoms with Crippen LogP contribution in [0, 0.1) is 5.92 Å². The van der Waals surface area contributed by atoms with E-state index in [4.69, 9.17) is 0 Å². The summed E-state index contributed by atoms with van der Waals surface area (Å²) in [5.74, 6) is -0.282. The highest BCUT2D eigenvalue weighted by molar-refractivity contribution is 6.03. The monoisotopic (exact) mass is 195 g/mol. The van der Waals surface area contributed by atoms with Gasteiger partial charge >= 0.3 is 6.03 Å². The summed E-state index contributed by atoms with van der Waals surface area (Å²) in [6.07, 6.45) is -0.403. The average molecular weight is 195 g/mol. The molecule has 3 aliphatic rings. The van der Waals surface area contributed by atoms with Crippen molar-refractivity contribution in [1.29, 1.82) is 0 Å². The lowest BCUT2D eigenvalue weighted by atomic mass is 9.85. The lowest BCUT2D eigenvalue weighted by molar-refractivity contribution is -0.127.